The number of nitrogens with one attached hydrogen (secondary N) is 2. The van der Waals surface area contributed by atoms with Crippen molar-refractivity contribution >= 4 is 33.4 Å². The average molecular weight is 632 g/mol. The summed E-state index contributed by atoms with van der Waals surface area (Å²) in [6.45, 7) is 16.3. The van der Waals surface area contributed by atoms with Crippen molar-refractivity contribution in [3.8, 4) is 11.3 Å². The number of piperidine rings is 2. The number of hydrogen-bond acceptors (Lipinski definition) is 6. The van der Waals surface area contributed by atoms with Crippen molar-refractivity contribution in [1.29, 1.82) is 0 Å². The Kier molecular flexibility index (Phi) is 8.57. The highest BCUT2D eigenvalue weighted by molar-refractivity contribution is 7.19. The summed E-state index contributed by atoms with van der Waals surface area (Å²) < 4.78 is 5.40. The highest BCUT2D eigenvalue weighted by Crippen LogP contribution is 2.44. The Morgan fingerprint density at radius 3 is 2.29 bits per heavy atom. The fraction of sp³-hybridized carbons (Fsp3) is 0.611. The van der Waals surface area contributed by atoms with Crippen LogP contribution in [0.15, 0.2) is 24.3 Å². The first-order valence-corrected chi connectivity index (χ1v) is 17.9. The number of carbonyl (C=O) groups is 2. The monoisotopic (exact) mass is 631 g/mol. The van der Waals surface area contributed by atoms with Crippen molar-refractivity contribution in [2.45, 2.75) is 77.3 Å². The maximum Gasteiger partial charge on any atom is 0.317 e. The number of thiophene rings is 1. The van der Waals surface area contributed by atoms with Gasteiger partial charge in [-0.15, -0.1) is 11.3 Å². The van der Waals surface area contributed by atoms with E-state index < -0.39 is 5.41 Å². The van der Waals surface area contributed by atoms with Crippen molar-refractivity contribution in [2.24, 2.45) is 5.92 Å². The van der Waals surface area contributed by atoms with Gasteiger partial charge in [0.2, 0.25) is 0 Å². The molecule has 1 atom stereocenters. The van der Waals surface area contributed by atoms with Crippen LogP contribution >= 0.6 is 11.3 Å². The van der Waals surface area contributed by atoms with Crippen LogP contribution in [0, 0.1) is 19.8 Å². The minimum Gasteiger partial charge on any atom is -0.378 e. The summed E-state index contributed by atoms with van der Waals surface area (Å²) in [5.41, 5.74) is 5.83. The Balaban J connectivity index is 1.09. The van der Waals surface area contributed by atoms with Gasteiger partial charge in [0.25, 0.3) is 0 Å². The van der Waals surface area contributed by atoms with Crippen LogP contribution in [0.2, 0.25) is 0 Å². The lowest BCUT2D eigenvalue weighted by Gasteiger charge is -2.34. The number of likely N-dealkylation sites (tertiary alicyclic amines) is 1. The van der Waals surface area contributed by atoms with Gasteiger partial charge in [-0.3, -0.25) is 9.69 Å². The predicted octanol–water partition coefficient (Wildman–Crippen LogP) is 5.50. The van der Waals surface area contributed by atoms with E-state index in [1.807, 2.05) is 4.90 Å². The molecule has 2 aromatic heterocycles. The zero-order chi connectivity index (χ0) is 31.3. The fourth-order valence-corrected chi connectivity index (χ4v) is 9.45. The second-order valence-electron chi connectivity index (χ2n) is 14.4. The molecule has 4 aliphatic rings. The summed E-state index contributed by atoms with van der Waals surface area (Å²) in [6, 6.07) is 9.50. The van der Waals surface area contributed by atoms with E-state index in [-0.39, 0.29) is 18.1 Å². The summed E-state index contributed by atoms with van der Waals surface area (Å²) in [7, 11) is 0. The second-order valence-corrected chi connectivity index (χ2v) is 15.5. The lowest BCUT2D eigenvalue weighted by atomic mass is 9.79. The molecule has 0 radical (unpaired) electrons. The highest BCUT2D eigenvalue weighted by atomic mass is 32.1. The minimum absolute atomic E-state index is 0.0528. The van der Waals surface area contributed by atoms with Crippen molar-refractivity contribution < 1.29 is 14.3 Å². The lowest BCUT2D eigenvalue weighted by Crippen LogP contribution is -2.52. The van der Waals surface area contributed by atoms with Crippen LogP contribution in [0.4, 0.5) is 4.79 Å². The molecule has 2 bridgehead atoms. The number of hydrogen-bond donors (Lipinski definition) is 2. The number of carbonyl (C=O) groups excluding carboxylic acids is 2. The minimum atomic E-state index is -0.509. The second kappa shape index (κ2) is 12.5. The average Bonchev–Trinajstić information content (AvgIpc) is 3.81. The Labute approximate surface area is 271 Å². The van der Waals surface area contributed by atoms with E-state index in [1.165, 1.54) is 55.9 Å². The first kappa shape index (κ1) is 30.9. The van der Waals surface area contributed by atoms with Gasteiger partial charge in [-0.2, -0.15) is 0 Å². The largest absolute Gasteiger partial charge is 0.378 e. The maximum absolute atomic E-state index is 14.0. The van der Waals surface area contributed by atoms with Crippen molar-refractivity contribution in [3.05, 3.63) is 45.8 Å². The van der Waals surface area contributed by atoms with Gasteiger partial charge in [-0.25, -0.2) is 4.79 Å². The van der Waals surface area contributed by atoms with Crippen molar-refractivity contribution in [2.75, 3.05) is 59.0 Å². The number of aryl methyl sites for hydroxylation is 2. The van der Waals surface area contributed by atoms with Crippen LogP contribution in [-0.4, -0.2) is 103 Å². The van der Waals surface area contributed by atoms with E-state index in [2.05, 4.69) is 72.1 Å². The third-order valence-corrected chi connectivity index (χ3v) is 12.3. The molecule has 0 spiro atoms. The van der Waals surface area contributed by atoms with Crippen molar-refractivity contribution in [1.82, 2.24) is 25.0 Å². The molecule has 2 amide bonds. The topological polar surface area (TPSA) is 80.9 Å². The number of ketones is 1. The van der Waals surface area contributed by atoms with Gasteiger partial charge in [0.15, 0.2) is 5.78 Å². The predicted molar refractivity (Wildman–Crippen MR) is 181 cm³/mol. The molecule has 6 heterocycles. The molecule has 4 saturated heterocycles. The zero-order valence-electron chi connectivity index (χ0n) is 27.4. The van der Waals surface area contributed by atoms with Gasteiger partial charge in [-0.05, 0) is 108 Å². The summed E-state index contributed by atoms with van der Waals surface area (Å²) in [5.74, 6) is 0.927. The molecule has 1 aromatic carbocycles. The van der Waals surface area contributed by atoms with Crippen molar-refractivity contribution in [3.63, 3.8) is 0 Å². The van der Waals surface area contributed by atoms with Gasteiger partial charge >= 0.3 is 6.03 Å². The number of H-pyrrole nitrogens is 1. The van der Waals surface area contributed by atoms with Gasteiger partial charge in [-0.1, -0.05) is 17.2 Å². The molecule has 0 saturated carbocycles. The molecule has 4 aliphatic heterocycles. The van der Waals surface area contributed by atoms with Gasteiger partial charge in [0.1, 0.15) is 4.83 Å². The zero-order valence-corrected chi connectivity index (χ0v) is 28.2. The summed E-state index contributed by atoms with van der Waals surface area (Å²) in [4.78, 5) is 39.8. The fourth-order valence-electron chi connectivity index (χ4n) is 8.25. The first-order valence-electron chi connectivity index (χ1n) is 17.0. The Morgan fingerprint density at radius 2 is 1.64 bits per heavy atom. The molecule has 242 valence electrons. The number of aromatic nitrogens is 1. The Bertz CT molecular complexity index is 1520. The number of fused-ring (bicyclic) bond motifs is 3. The lowest BCUT2D eigenvalue weighted by molar-refractivity contribution is -0.127. The number of aromatic amines is 1. The van der Waals surface area contributed by atoms with Crippen LogP contribution in [-0.2, 0) is 21.4 Å². The number of nitrogens with zero attached hydrogens (tertiary/aromatic N) is 3. The number of morpholine rings is 1. The van der Waals surface area contributed by atoms with Gasteiger partial charge in [0.05, 0.1) is 30.4 Å². The Hall–Kier alpha value is -2.72. The third kappa shape index (κ3) is 6.09. The molecule has 0 aliphatic carbocycles. The van der Waals surface area contributed by atoms with E-state index >= 15 is 0 Å². The van der Waals surface area contributed by atoms with Crippen LogP contribution in [0.5, 0.6) is 0 Å². The molecule has 4 fully saturated rings. The smallest absolute Gasteiger partial charge is 0.317 e. The summed E-state index contributed by atoms with van der Waals surface area (Å²) in [5, 5.41) is 4.54. The highest BCUT2D eigenvalue weighted by Gasteiger charge is 2.49. The normalized spacial score (nSPS) is 24.5. The number of urea groups is 1. The van der Waals surface area contributed by atoms with Crippen LogP contribution in [0.1, 0.15) is 61.1 Å². The Morgan fingerprint density at radius 1 is 0.956 bits per heavy atom. The summed E-state index contributed by atoms with van der Waals surface area (Å²) in [6.07, 6.45) is 5.22. The number of rotatable bonds is 8. The molecule has 3 aromatic rings. The van der Waals surface area contributed by atoms with Gasteiger partial charge < -0.3 is 24.8 Å². The van der Waals surface area contributed by atoms with Crippen LogP contribution in [0.3, 0.4) is 0 Å². The maximum atomic E-state index is 14.0. The van der Waals surface area contributed by atoms with E-state index in [1.54, 1.807) is 11.3 Å². The quantitative estimate of drug-likeness (QED) is 0.343. The van der Waals surface area contributed by atoms with Gasteiger partial charge in [0, 0.05) is 49.0 Å². The van der Waals surface area contributed by atoms with E-state index in [4.69, 9.17) is 4.74 Å². The molecule has 2 N–H and O–H groups in total. The number of benzene rings is 1. The number of ether oxygens (including phenoxy) is 1. The van der Waals surface area contributed by atoms with Crippen LogP contribution in [0.25, 0.3) is 21.5 Å². The third-order valence-electron chi connectivity index (χ3n) is 10.9. The molecule has 45 heavy (non-hydrogen) atoms. The summed E-state index contributed by atoms with van der Waals surface area (Å²) >= 11 is 1.77. The molecule has 7 rings (SSSR count). The number of amides is 2. The van der Waals surface area contributed by atoms with E-state index in [0.29, 0.717) is 38.0 Å². The molecule has 8 nitrogen and oxygen atoms in total. The van der Waals surface area contributed by atoms with E-state index in [0.717, 1.165) is 52.0 Å². The van der Waals surface area contributed by atoms with Crippen LogP contribution < -0.4 is 5.32 Å². The molecular formula is C36H49N5O3S. The SMILES string of the molecule is Cc1cc(C)cc(-c2[nH]c3sc(C(C)(C)C(=O)C4C5CCN4CC5)cc3c2CCN2CCC(NC(=O)N3CCOCC3)CC2)c1. The standard InChI is InChI=1S/C36H49N5O3S/c1-23-19-24(2)21-26(20-23)31-28(9-12-39-10-7-27(8-11-39)37-35(43)41-15-17-44-18-16-41)29-22-30(45-34(29)38-31)36(3,4)33(42)32-25-5-13-40(32)14-6-25/h19-22,25,27,32,38H,5-18H2,1-4H3,(H,37,43). The van der Waals surface area contributed by atoms with E-state index in [9.17, 15) is 9.59 Å². The molecule has 1 unspecified atom stereocenters. The first-order chi connectivity index (χ1) is 21.7. The molecule has 9 heteroatoms. The molecular weight excluding hydrogens is 582 g/mol. The number of Topliss-reactive ketones (excluding diaryl/α,β-unsaturated/α-hetero) is 1.